The highest BCUT2D eigenvalue weighted by Crippen LogP contribution is 2.33. The van der Waals surface area contributed by atoms with Crippen LogP contribution in [0.2, 0.25) is 0 Å². The van der Waals surface area contributed by atoms with E-state index in [-0.39, 0.29) is 5.92 Å². The lowest BCUT2D eigenvalue weighted by molar-refractivity contribution is -0.140. The van der Waals surface area contributed by atoms with Gasteiger partial charge in [0.1, 0.15) is 0 Å². The lowest BCUT2D eigenvalue weighted by Gasteiger charge is -2.33. The molecule has 3 heterocycles. The van der Waals surface area contributed by atoms with Crippen molar-refractivity contribution in [2.75, 3.05) is 39.9 Å². The predicted molar refractivity (Wildman–Crippen MR) is 84.4 cm³/mol. The number of ether oxygens (including phenoxy) is 1. The number of hydrogen-bond donors (Lipinski definition) is 0. The molecule has 4 nitrogen and oxygen atoms in total. The number of likely N-dealkylation sites (tertiary alicyclic amines) is 2. The van der Waals surface area contributed by atoms with Crippen LogP contribution in [0.4, 0.5) is 0 Å². The molecule has 0 bridgehead atoms. The summed E-state index contributed by atoms with van der Waals surface area (Å²) in [5.74, 6) is 1.10. The molecule has 0 unspecified atom stereocenters. The molecule has 0 aromatic carbocycles. The van der Waals surface area contributed by atoms with Gasteiger partial charge in [-0.15, -0.1) is 11.3 Å². The van der Waals surface area contributed by atoms with Crippen LogP contribution in [0.15, 0.2) is 12.1 Å². The van der Waals surface area contributed by atoms with Gasteiger partial charge in [-0.2, -0.15) is 0 Å². The zero-order chi connectivity index (χ0) is 14.8. The van der Waals surface area contributed by atoms with Gasteiger partial charge in [-0.3, -0.25) is 9.69 Å². The molecule has 21 heavy (non-hydrogen) atoms. The molecule has 0 spiro atoms. The number of rotatable bonds is 5. The lowest BCUT2D eigenvalue weighted by atomic mass is 9.88. The summed E-state index contributed by atoms with van der Waals surface area (Å²) >= 11 is 1.87. The van der Waals surface area contributed by atoms with Gasteiger partial charge in [0.15, 0.2) is 0 Å². The third-order valence-corrected chi connectivity index (χ3v) is 5.64. The van der Waals surface area contributed by atoms with Crippen molar-refractivity contribution >= 4 is 17.2 Å². The number of thiophene rings is 1. The summed E-state index contributed by atoms with van der Waals surface area (Å²) in [5.41, 5.74) is 0. The summed E-state index contributed by atoms with van der Waals surface area (Å²) in [4.78, 5) is 19.8. The van der Waals surface area contributed by atoms with Gasteiger partial charge in [-0.05, 0) is 31.4 Å². The van der Waals surface area contributed by atoms with Gasteiger partial charge in [0.2, 0.25) is 5.91 Å². The van der Waals surface area contributed by atoms with Gasteiger partial charge in [0, 0.05) is 49.6 Å². The number of hydrogen-bond acceptors (Lipinski definition) is 4. The Morgan fingerprint density at radius 3 is 2.95 bits per heavy atom. The van der Waals surface area contributed by atoms with Crippen LogP contribution in [0, 0.1) is 18.8 Å². The Hall–Kier alpha value is -0.910. The Bertz CT molecular complexity index is 502. The maximum atomic E-state index is 12.6. The Balaban J connectivity index is 1.58. The lowest BCUT2D eigenvalue weighted by Crippen LogP contribution is -2.46. The second-order valence-corrected chi connectivity index (χ2v) is 7.55. The maximum Gasteiger partial charge on any atom is 0.227 e. The van der Waals surface area contributed by atoms with Gasteiger partial charge in [-0.1, -0.05) is 0 Å². The van der Waals surface area contributed by atoms with E-state index >= 15 is 0 Å². The number of methoxy groups -OCH3 is 1. The van der Waals surface area contributed by atoms with Crippen LogP contribution in [-0.4, -0.2) is 55.6 Å². The highest BCUT2D eigenvalue weighted by atomic mass is 32.1. The van der Waals surface area contributed by atoms with Crippen molar-refractivity contribution in [3.8, 4) is 0 Å². The fourth-order valence-electron chi connectivity index (χ4n) is 3.54. The topological polar surface area (TPSA) is 32.8 Å². The van der Waals surface area contributed by atoms with E-state index in [9.17, 15) is 4.79 Å². The van der Waals surface area contributed by atoms with Gasteiger partial charge in [0.25, 0.3) is 0 Å². The molecule has 2 saturated heterocycles. The smallest absolute Gasteiger partial charge is 0.227 e. The zero-order valence-electron chi connectivity index (χ0n) is 12.9. The van der Waals surface area contributed by atoms with Crippen LogP contribution in [-0.2, 0) is 16.1 Å². The van der Waals surface area contributed by atoms with Crippen LogP contribution >= 0.6 is 11.3 Å². The van der Waals surface area contributed by atoms with Crippen molar-refractivity contribution in [2.45, 2.75) is 19.9 Å². The molecule has 2 fully saturated rings. The number of nitrogens with zero attached hydrogens (tertiary/aromatic N) is 2. The van der Waals surface area contributed by atoms with E-state index in [4.69, 9.17) is 4.74 Å². The van der Waals surface area contributed by atoms with Crippen LogP contribution in [0.1, 0.15) is 16.2 Å². The van der Waals surface area contributed by atoms with E-state index in [1.165, 1.54) is 9.75 Å². The number of amides is 1. The second-order valence-electron chi connectivity index (χ2n) is 6.18. The normalized spacial score (nSPS) is 26.4. The highest BCUT2D eigenvalue weighted by molar-refractivity contribution is 7.11. The molecule has 2 aliphatic heterocycles. The monoisotopic (exact) mass is 308 g/mol. The van der Waals surface area contributed by atoms with Gasteiger partial charge in [-0.25, -0.2) is 0 Å². The molecular formula is C16H24N2O2S. The number of aryl methyl sites for hydroxylation is 1. The van der Waals surface area contributed by atoms with E-state index in [1.807, 2.05) is 16.2 Å². The first-order valence-corrected chi connectivity index (χ1v) is 8.54. The average molecular weight is 308 g/mol. The highest BCUT2D eigenvalue weighted by Gasteiger charge is 2.42. The average Bonchev–Trinajstić information content (AvgIpc) is 3.05. The Kier molecular flexibility index (Phi) is 4.62. The molecule has 0 N–H and O–H groups in total. The predicted octanol–water partition coefficient (Wildman–Crippen LogP) is 1.98. The molecule has 2 atom stereocenters. The molecule has 0 saturated carbocycles. The molecule has 5 heteroatoms. The first-order valence-electron chi connectivity index (χ1n) is 7.73. The van der Waals surface area contributed by atoms with Crippen LogP contribution in [0.5, 0.6) is 0 Å². The fraction of sp³-hybridized carbons (Fsp3) is 0.688. The maximum absolute atomic E-state index is 12.6. The first-order chi connectivity index (χ1) is 10.2. The Morgan fingerprint density at radius 2 is 2.24 bits per heavy atom. The molecule has 1 aromatic heterocycles. The van der Waals surface area contributed by atoms with Crippen molar-refractivity contribution < 1.29 is 9.53 Å². The van der Waals surface area contributed by atoms with Crippen molar-refractivity contribution in [3.05, 3.63) is 21.9 Å². The van der Waals surface area contributed by atoms with E-state index < -0.39 is 0 Å². The van der Waals surface area contributed by atoms with E-state index in [0.29, 0.717) is 18.4 Å². The second kappa shape index (κ2) is 6.46. The third-order valence-electron chi connectivity index (χ3n) is 4.66. The minimum Gasteiger partial charge on any atom is -0.383 e. The minimum atomic E-state index is 0.205. The zero-order valence-corrected chi connectivity index (χ0v) is 13.7. The van der Waals surface area contributed by atoms with Crippen molar-refractivity contribution in [1.82, 2.24) is 9.80 Å². The van der Waals surface area contributed by atoms with Crippen molar-refractivity contribution in [2.24, 2.45) is 11.8 Å². The quantitative estimate of drug-likeness (QED) is 0.834. The molecule has 116 valence electrons. The van der Waals surface area contributed by atoms with E-state index in [1.54, 1.807) is 7.11 Å². The number of carbonyl (C=O) groups is 1. The number of fused-ring (bicyclic) bond motifs is 1. The van der Waals surface area contributed by atoms with Crippen LogP contribution in [0.25, 0.3) is 0 Å². The summed E-state index contributed by atoms with van der Waals surface area (Å²) in [6.07, 6.45) is 1.14. The third kappa shape index (κ3) is 3.30. The molecule has 1 aromatic rings. The van der Waals surface area contributed by atoms with Gasteiger partial charge >= 0.3 is 0 Å². The van der Waals surface area contributed by atoms with Gasteiger partial charge in [0.05, 0.1) is 12.5 Å². The molecule has 2 aliphatic rings. The number of piperidine rings is 1. The fourth-order valence-corrected chi connectivity index (χ4v) is 4.48. The standard InChI is InChI=1S/C16H24N2O2S/c1-12-3-4-14(21-12)10-17-9-13-5-6-18(7-8-20-2)16(19)15(13)11-17/h3-4,13,15H,5-11H2,1-2H3/t13-,15-/m0/s1. The number of carbonyl (C=O) groups excluding carboxylic acids is 1. The minimum absolute atomic E-state index is 0.205. The van der Waals surface area contributed by atoms with Crippen molar-refractivity contribution in [3.63, 3.8) is 0 Å². The van der Waals surface area contributed by atoms with Gasteiger partial charge < -0.3 is 9.64 Å². The molecule has 3 rings (SSSR count). The Labute approximate surface area is 130 Å². The van der Waals surface area contributed by atoms with E-state index in [0.717, 1.165) is 39.1 Å². The van der Waals surface area contributed by atoms with E-state index in [2.05, 4.69) is 24.0 Å². The Morgan fingerprint density at radius 1 is 1.38 bits per heavy atom. The summed E-state index contributed by atoms with van der Waals surface area (Å²) < 4.78 is 5.10. The molecule has 1 amide bonds. The van der Waals surface area contributed by atoms with Crippen molar-refractivity contribution in [1.29, 1.82) is 0 Å². The first kappa shape index (κ1) is 15.0. The van der Waals surface area contributed by atoms with Crippen LogP contribution < -0.4 is 0 Å². The summed E-state index contributed by atoms with van der Waals surface area (Å²) in [6.45, 7) is 7.42. The molecule has 0 aliphatic carbocycles. The largest absolute Gasteiger partial charge is 0.383 e. The summed E-state index contributed by atoms with van der Waals surface area (Å²) in [5, 5.41) is 0. The molecular weight excluding hydrogens is 284 g/mol. The molecule has 0 radical (unpaired) electrons. The summed E-state index contributed by atoms with van der Waals surface area (Å²) in [6, 6.07) is 4.40. The SMILES string of the molecule is COCCN1CC[C@H]2CN(Cc3ccc(C)s3)C[C@@H]2C1=O. The van der Waals surface area contributed by atoms with Crippen LogP contribution in [0.3, 0.4) is 0 Å². The summed E-state index contributed by atoms with van der Waals surface area (Å²) in [7, 11) is 1.69.